The number of methoxy groups -OCH3 is 1. The van der Waals surface area contributed by atoms with E-state index in [4.69, 9.17) is 4.74 Å². The first-order valence-electron chi connectivity index (χ1n) is 7.56. The van der Waals surface area contributed by atoms with E-state index in [0.29, 0.717) is 5.75 Å². The summed E-state index contributed by atoms with van der Waals surface area (Å²) in [6, 6.07) is 11.1. The van der Waals surface area contributed by atoms with Gasteiger partial charge in [0.15, 0.2) is 0 Å². The van der Waals surface area contributed by atoms with E-state index < -0.39 is 15.4 Å². The molecule has 0 unspecified atom stereocenters. The highest BCUT2D eigenvalue weighted by Gasteiger charge is 2.26. The van der Waals surface area contributed by atoms with Crippen LogP contribution in [0.5, 0.6) is 5.75 Å². The van der Waals surface area contributed by atoms with Crippen molar-refractivity contribution in [1.82, 2.24) is 4.72 Å². The lowest BCUT2D eigenvalue weighted by Gasteiger charge is -2.26. The lowest BCUT2D eigenvalue weighted by Crippen LogP contribution is -2.36. The lowest BCUT2D eigenvalue weighted by atomic mass is 9.85. The second kappa shape index (κ2) is 6.91. The molecule has 0 saturated heterocycles. The molecular weight excluding hydrogens is 329 g/mol. The number of hydrogen-bond donors (Lipinski definition) is 1. The third-order valence-electron chi connectivity index (χ3n) is 3.94. The molecule has 0 fully saturated rings. The molecule has 2 aromatic carbocycles. The Kier molecular flexibility index (Phi) is 5.30. The van der Waals surface area contributed by atoms with Gasteiger partial charge in [-0.05, 0) is 42.3 Å². The average Bonchev–Trinajstić information content (AvgIpc) is 2.53. The molecule has 0 radical (unpaired) electrons. The van der Waals surface area contributed by atoms with E-state index in [1.165, 1.54) is 19.2 Å². The summed E-state index contributed by atoms with van der Waals surface area (Å²) in [6.07, 6.45) is 0. The van der Waals surface area contributed by atoms with Gasteiger partial charge in [0, 0.05) is 12.0 Å². The van der Waals surface area contributed by atoms with Crippen LogP contribution in [0.4, 0.5) is 4.39 Å². The Morgan fingerprint density at radius 3 is 2.33 bits per heavy atom. The number of halogens is 1. The summed E-state index contributed by atoms with van der Waals surface area (Å²) in [5, 5.41) is 0. The van der Waals surface area contributed by atoms with Crippen molar-refractivity contribution in [2.45, 2.75) is 31.1 Å². The average molecular weight is 351 g/mol. The maximum absolute atomic E-state index is 13.1. The molecule has 1 N–H and O–H groups in total. The summed E-state index contributed by atoms with van der Waals surface area (Å²) in [5.74, 6) is -0.0210. The standard InChI is InChI=1S/C18H22FNO3S/c1-13-5-10-16(23-4)17(11-13)24(21,22)20-12-18(2,3)14-6-8-15(19)9-7-14/h5-11,20H,12H2,1-4H3. The van der Waals surface area contributed by atoms with E-state index >= 15 is 0 Å². The van der Waals surface area contributed by atoms with Crippen LogP contribution in [-0.4, -0.2) is 22.1 Å². The molecular formula is C18H22FNO3S. The molecule has 130 valence electrons. The van der Waals surface area contributed by atoms with Gasteiger partial charge in [-0.1, -0.05) is 32.0 Å². The van der Waals surface area contributed by atoms with Crippen molar-refractivity contribution in [3.05, 3.63) is 59.4 Å². The van der Waals surface area contributed by atoms with Gasteiger partial charge in [0.05, 0.1) is 7.11 Å². The van der Waals surface area contributed by atoms with Crippen LogP contribution < -0.4 is 9.46 Å². The van der Waals surface area contributed by atoms with Gasteiger partial charge >= 0.3 is 0 Å². The third-order valence-corrected chi connectivity index (χ3v) is 5.36. The fourth-order valence-corrected chi connectivity index (χ4v) is 3.81. The normalized spacial score (nSPS) is 12.2. The first-order valence-corrected chi connectivity index (χ1v) is 9.04. The Hall–Kier alpha value is -1.92. The molecule has 2 rings (SSSR count). The summed E-state index contributed by atoms with van der Waals surface area (Å²) in [4.78, 5) is 0.111. The topological polar surface area (TPSA) is 55.4 Å². The van der Waals surface area contributed by atoms with Gasteiger partial charge in [-0.15, -0.1) is 0 Å². The van der Waals surface area contributed by atoms with Crippen LogP contribution in [0.15, 0.2) is 47.4 Å². The Bertz CT molecular complexity index is 815. The summed E-state index contributed by atoms with van der Waals surface area (Å²) in [5.41, 5.74) is 1.19. The first-order chi connectivity index (χ1) is 11.2. The summed E-state index contributed by atoms with van der Waals surface area (Å²) in [6.45, 7) is 5.80. The van der Waals surface area contributed by atoms with Crippen molar-refractivity contribution < 1.29 is 17.5 Å². The van der Waals surface area contributed by atoms with Crippen LogP contribution in [0.3, 0.4) is 0 Å². The van der Waals surface area contributed by atoms with E-state index in [0.717, 1.165) is 11.1 Å². The zero-order valence-corrected chi connectivity index (χ0v) is 15.1. The number of ether oxygens (including phenoxy) is 1. The zero-order chi connectivity index (χ0) is 18.0. The van der Waals surface area contributed by atoms with Crippen molar-refractivity contribution in [3.63, 3.8) is 0 Å². The Morgan fingerprint density at radius 2 is 1.75 bits per heavy atom. The second-order valence-electron chi connectivity index (χ2n) is 6.37. The fraction of sp³-hybridized carbons (Fsp3) is 0.333. The SMILES string of the molecule is COc1ccc(C)cc1S(=O)(=O)NCC(C)(C)c1ccc(F)cc1. The Labute approximate surface area is 142 Å². The molecule has 0 saturated carbocycles. The molecule has 0 amide bonds. The predicted molar refractivity (Wildman–Crippen MR) is 92.3 cm³/mol. The van der Waals surface area contributed by atoms with Crippen molar-refractivity contribution in [2.75, 3.05) is 13.7 Å². The molecule has 0 aliphatic heterocycles. The van der Waals surface area contributed by atoms with Crippen molar-refractivity contribution in [3.8, 4) is 5.75 Å². The highest BCUT2D eigenvalue weighted by molar-refractivity contribution is 7.89. The number of aryl methyl sites for hydroxylation is 1. The van der Waals surface area contributed by atoms with E-state index in [1.807, 2.05) is 20.8 Å². The minimum atomic E-state index is -3.72. The molecule has 0 aliphatic carbocycles. The molecule has 0 atom stereocenters. The number of hydrogen-bond acceptors (Lipinski definition) is 3. The van der Waals surface area contributed by atoms with Gasteiger partial charge < -0.3 is 4.74 Å². The Morgan fingerprint density at radius 1 is 1.12 bits per heavy atom. The first kappa shape index (κ1) is 18.4. The molecule has 0 heterocycles. The van der Waals surface area contributed by atoms with E-state index in [9.17, 15) is 12.8 Å². The Balaban J connectivity index is 2.24. The minimum Gasteiger partial charge on any atom is -0.495 e. The van der Waals surface area contributed by atoms with E-state index in [1.54, 1.807) is 30.3 Å². The van der Waals surface area contributed by atoms with Crippen LogP contribution in [0.1, 0.15) is 25.0 Å². The summed E-state index contributed by atoms with van der Waals surface area (Å²) < 4.78 is 46.1. The summed E-state index contributed by atoms with van der Waals surface area (Å²) >= 11 is 0. The molecule has 0 aliphatic rings. The molecule has 24 heavy (non-hydrogen) atoms. The van der Waals surface area contributed by atoms with Gasteiger partial charge in [-0.25, -0.2) is 17.5 Å². The number of benzene rings is 2. The van der Waals surface area contributed by atoms with Crippen LogP contribution in [0, 0.1) is 12.7 Å². The van der Waals surface area contributed by atoms with Crippen LogP contribution in [0.2, 0.25) is 0 Å². The molecule has 4 nitrogen and oxygen atoms in total. The van der Waals surface area contributed by atoms with Crippen molar-refractivity contribution in [1.29, 1.82) is 0 Å². The molecule has 6 heteroatoms. The number of nitrogens with one attached hydrogen (secondary N) is 1. The molecule has 0 spiro atoms. The highest BCUT2D eigenvalue weighted by atomic mass is 32.2. The third kappa shape index (κ3) is 4.13. The monoisotopic (exact) mass is 351 g/mol. The van der Waals surface area contributed by atoms with Gasteiger partial charge in [0.1, 0.15) is 16.5 Å². The van der Waals surface area contributed by atoms with Gasteiger partial charge in [-0.3, -0.25) is 0 Å². The maximum Gasteiger partial charge on any atom is 0.244 e. The van der Waals surface area contributed by atoms with Crippen LogP contribution in [-0.2, 0) is 15.4 Å². The van der Waals surface area contributed by atoms with Crippen molar-refractivity contribution >= 4 is 10.0 Å². The quantitative estimate of drug-likeness (QED) is 0.868. The highest BCUT2D eigenvalue weighted by Crippen LogP contribution is 2.27. The van der Waals surface area contributed by atoms with Gasteiger partial charge in [0.2, 0.25) is 10.0 Å². The molecule has 0 aromatic heterocycles. The zero-order valence-electron chi connectivity index (χ0n) is 14.3. The van der Waals surface area contributed by atoms with Gasteiger partial charge in [-0.2, -0.15) is 0 Å². The minimum absolute atomic E-state index is 0.111. The van der Waals surface area contributed by atoms with Crippen LogP contribution >= 0.6 is 0 Å². The maximum atomic E-state index is 13.1. The second-order valence-corrected chi connectivity index (χ2v) is 8.11. The smallest absolute Gasteiger partial charge is 0.244 e. The molecule has 2 aromatic rings. The van der Waals surface area contributed by atoms with Crippen molar-refractivity contribution in [2.24, 2.45) is 0 Å². The lowest BCUT2D eigenvalue weighted by molar-refractivity contribution is 0.401. The predicted octanol–water partition coefficient (Wildman–Crippen LogP) is 3.40. The van der Waals surface area contributed by atoms with E-state index in [2.05, 4.69) is 4.72 Å². The van der Waals surface area contributed by atoms with E-state index in [-0.39, 0.29) is 17.3 Å². The number of rotatable bonds is 6. The fourth-order valence-electron chi connectivity index (χ4n) is 2.35. The molecule has 0 bridgehead atoms. The largest absolute Gasteiger partial charge is 0.495 e. The number of sulfonamides is 1. The summed E-state index contributed by atoms with van der Waals surface area (Å²) in [7, 11) is -2.29. The van der Waals surface area contributed by atoms with Gasteiger partial charge in [0.25, 0.3) is 0 Å². The van der Waals surface area contributed by atoms with Crippen LogP contribution in [0.25, 0.3) is 0 Å².